The standard InChI is InChI=1S/C19H18N6O2S/c1-4-7-27-16-11-22-14(10-23-16)17(26)24-13-5-6-21-15(8-13)19(3)9-12(2)28-18(20)25-19/h1,5-6,8,10-11H,2,7,9H2,3H3,(H2,20,25)(H,21,24,26)/t19-/m0/s1. The van der Waals surface area contributed by atoms with Gasteiger partial charge in [0, 0.05) is 18.3 Å². The second kappa shape index (κ2) is 8.10. The fourth-order valence-electron chi connectivity index (χ4n) is 2.64. The van der Waals surface area contributed by atoms with E-state index in [4.69, 9.17) is 16.9 Å². The van der Waals surface area contributed by atoms with Crippen molar-refractivity contribution < 1.29 is 9.53 Å². The van der Waals surface area contributed by atoms with Gasteiger partial charge in [-0.3, -0.25) is 9.78 Å². The lowest BCUT2D eigenvalue weighted by Gasteiger charge is -2.30. The molecule has 142 valence electrons. The summed E-state index contributed by atoms with van der Waals surface area (Å²) in [5.41, 5.74) is 6.64. The minimum atomic E-state index is -0.636. The number of thioether (sulfide) groups is 1. The van der Waals surface area contributed by atoms with Gasteiger partial charge in [-0.15, -0.1) is 6.42 Å². The Morgan fingerprint density at radius 3 is 2.96 bits per heavy atom. The highest BCUT2D eigenvalue weighted by molar-refractivity contribution is 8.17. The van der Waals surface area contributed by atoms with E-state index in [1.165, 1.54) is 24.2 Å². The fourth-order valence-corrected chi connectivity index (χ4v) is 3.54. The summed E-state index contributed by atoms with van der Waals surface area (Å²) in [4.78, 5) is 30.3. The predicted molar refractivity (Wildman–Crippen MR) is 109 cm³/mol. The first-order valence-electron chi connectivity index (χ1n) is 8.27. The molecule has 0 bridgehead atoms. The summed E-state index contributed by atoms with van der Waals surface area (Å²) in [5, 5.41) is 3.22. The van der Waals surface area contributed by atoms with Crippen molar-refractivity contribution in [3.63, 3.8) is 0 Å². The number of hydrogen-bond donors (Lipinski definition) is 2. The molecular weight excluding hydrogens is 376 g/mol. The Morgan fingerprint density at radius 2 is 2.29 bits per heavy atom. The minimum absolute atomic E-state index is 0.0801. The lowest BCUT2D eigenvalue weighted by Crippen LogP contribution is -2.29. The zero-order valence-electron chi connectivity index (χ0n) is 15.2. The summed E-state index contributed by atoms with van der Waals surface area (Å²) >= 11 is 1.36. The van der Waals surface area contributed by atoms with E-state index in [1.54, 1.807) is 18.3 Å². The number of hydrogen-bond acceptors (Lipinski definition) is 8. The number of aromatic nitrogens is 3. The summed E-state index contributed by atoms with van der Waals surface area (Å²) in [7, 11) is 0. The van der Waals surface area contributed by atoms with Gasteiger partial charge in [-0.25, -0.2) is 15.0 Å². The molecule has 0 unspecified atom stereocenters. The molecule has 3 N–H and O–H groups in total. The molecule has 1 aliphatic heterocycles. The number of rotatable bonds is 5. The Bertz CT molecular complexity index is 983. The highest BCUT2D eigenvalue weighted by Crippen LogP contribution is 2.39. The average molecular weight is 394 g/mol. The number of terminal acetylenes is 1. The molecular formula is C19H18N6O2S. The van der Waals surface area contributed by atoms with Crippen molar-refractivity contribution in [1.29, 1.82) is 0 Å². The van der Waals surface area contributed by atoms with Crippen LogP contribution in [0.25, 0.3) is 0 Å². The van der Waals surface area contributed by atoms with Crippen molar-refractivity contribution in [3.05, 3.63) is 53.6 Å². The number of nitrogens with two attached hydrogens (primary N) is 1. The van der Waals surface area contributed by atoms with Gasteiger partial charge in [0.25, 0.3) is 5.91 Å². The van der Waals surface area contributed by atoms with E-state index >= 15 is 0 Å². The van der Waals surface area contributed by atoms with Crippen LogP contribution in [0.4, 0.5) is 5.69 Å². The number of nitrogens with one attached hydrogen (secondary N) is 1. The molecule has 0 aromatic carbocycles. The van der Waals surface area contributed by atoms with Crippen LogP contribution >= 0.6 is 11.8 Å². The van der Waals surface area contributed by atoms with Crippen LogP contribution in [-0.4, -0.2) is 32.6 Å². The average Bonchev–Trinajstić information content (AvgIpc) is 2.66. The molecule has 0 saturated heterocycles. The van der Waals surface area contributed by atoms with Crippen molar-refractivity contribution in [3.8, 4) is 18.2 Å². The van der Waals surface area contributed by atoms with Crippen LogP contribution in [0.5, 0.6) is 5.88 Å². The molecule has 1 atom stereocenters. The third kappa shape index (κ3) is 4.47. The van der Waals surface area contributed by atoms with Crippen molar-refractivity contribution in [2.24, 2.45) is 10.7 Å². The van der Waals surface area contributed by atoms with E-state index < -0.39 is 11.4 Å². The van der Waals surface area contributed by atoms with Gasteiger partial charge in [0.2, 0.25) is 5.88 Å². The fraction of sp³-hybridized carbons (Fsp3) is 0.211. The number of carbonyl (C=O) groups excluding carboxylic acids is 1. The van der Waals surface area contributed by atoms with E-state index in [0.717, 1.165) is 4.91 Å². The largest absolute Gasteiger partial charge is 0.463 e. The normalized spacial score (nSPS) is 18.7. The van der Waals surface area contributed by atoms with E-state index in [-0.39, 0.29) is 18.2 Å². The molecule has 0 aliphatic carbocycles. The third-order valence-electron chi connectivity index (χ3n) is 3.88. The molecule has 1 amide bonds. The maximum absolute atomic E-state index is 12.4. The smallest absolute Gasteiger partial charge is 0.275 e. The Kier molecular flexibility index (Phi) is 5.61. The topological polar surface area (TPSA) is 115 Å². The zero-order valence-corrected chi connectivity index (χ0v) is 16.0. The molecule has 2 aromatic heterocycles. The van der Waals surface area contributed by atoms with Gasteiger partial charge in [0.15, 0.2) is 11.8 Å². The molecule has 3 rings (SSSR count). The number of carbonyl (C=O) groups is 1. The van der Waals surface area contributed by atoms with Crippen LogP contribution in [0.3, 0.4) is 0 Å². The molecule has 0 saturated carbocycles. The summed E-state index contributed by atoms with van der Waals surface area (Å²) in [6.07, 6.45) is 9.99. The van der Waals surface area contributed by atoms with Crippen molar-refractivity contribution in [1.82, 2.24) is 15.0 Å². The molecule has 8 nitrogen and oxygen atoms in total. The number of ether oxygens (including phenoxy) is 1. The highest BCUT2D eigenvalue weighted by Gasteiger charge is 2.33. The summed E-state index contributed by atoms with van der Waals surface area (Å²) in [5.74, 6) is 2.17. The molecule has 1 aliphatic rings. The molecule has 3 heterocycles. The Morgan fingerprint density at radius 1 is 1.46 bits per heavy atom. The Labute approximate surface area is 166 Å². The zero-order chi connectivity index (χ0) is 20.1. The van der Waals surface area contributed by atoms with Crippen LogP contribution in [0.2, 0.25) is 0 Å². The van der Waals surface area contributed by atoms with Crippen molar-refractivity contribution >= 4 is 28.5 Å². The first kappa shape index (κ1) is 19.4. The van der Waals surface area contributed by atoms with Crippen molar-refractivity contribution in [2.45, 2.75) is 18.9 Å². The first-order valence-corrected chi connectivity index (χ1v) is 9.08. The maximum atomic E-state index is 12.4. The van der Waals surface area contributed by atoms with Crippen LogP contribution in [-0.2, 0) is 5.54 Å². The van der Waals surface area contributed by atoms with Gasteiger partial charge in [0.1, 0.15) is 11.2 Å². The van der Waals surface area contributed by atoms with Crippen molar-refractivity contribution in [2.75, 3.05) is 11.9 Å². The van der Waals surface area contributed by atoms with Gasteiger partial charge >= 0.3 is 0 Å². The van der Waals surface area contributed by atoms with Gasteiger partial charge in [0.05, 0.1) is 18.1 Å². The molecule has 0 fully saturated rings. The third-order valence-corrected chi connectivity index (χ3v) is 4.61. The molecule has 9 heteroatoms. The van der Waals surface area contributed by atoms with Gasteiger partial charge in [-0.05, 0) is 24.0 Å². The maximum Gasteiger partial charge on any atom is 0.275 e. The van der Waals surface area contributed by atoms with Gasteiger partial charge in [-0.2, -0.15) is 0 Å². The summed E-state index contributed by atoms with van der Waals surface area (Å²) < 4.78 is 5.14. The van der Waals surface area contributed by atoms with E-state index in [0.29, 0.717) is 23.0 Å². The number of nitrogens with zero attached hydrogens (tertiary/aromatic N) is 4. The first-order chi connectivity index (χ1) is 13.4. The quantitative estimate of drug-likeness (QED) is 0.748. The van der Waals surface area contributed by atoms with E-state index in [1.807, 2.05) is 6.92 Å². The van der Waals surface area contributed by atoms with E-state index in [9.17, 15) is 4.79 Å². The van der Waals surface area contributed by atoms with Crippen LogP contribution < -0.4 is 15.8 Å². The molecule has 28 heavy (non-hydrogen) atoms. The molecule has 0 radical (unpaired) electrons. The second-order valence-corrected chi connectivity index (χ2v) is 7.36. The number of anilines is 1. The lowest BCUT2D eigenvalue weighted by atomic mass is 9.93. The van der Waals surface area contributed by atoms with Gasteiger partial charge < -0.3 is 15.8 Å². The number of amides is 1. The Balaban J connectivity index is 1.76. The highest BCUT2D eigenvalue weighted by atomic mass is 32.2. The summed E-state index contributed by atoms with van der Waals surface area (Å²) in [6, 6.07) is 3.44. The predicted octanol–water partition coefficient (Wildman–Crippen LogP) is 2.32. The van der Waals surface area contributed by atoms with Crippen LogP contribution in [0, 0.1) is 12.3 Å². The van der Waals surface area contributed by atoms with Gasteiger partial charge in [-0.1, -0.05) is 24.3 Å². The van der Waals surface area contributed by atoms with Crippen LogP contribution in [0.15, 0.2) is 47.2 Å². The minimum Gasteiger partial charge on any atom is -0.463 e. The SMILES string of the molecule is C#CCOc1cnc(C(=O)Nc2ccnc([C@]3(C)CC(=C)SC(N)=N3)c2)cn1. The number of amidine groups is 1. The number of pyridine rings is 1. The second-order valence-electron chi connectivity index (χ2n) is 6.16. The lowest BCUT2D eigenvalue weighted by molar-refractivity contribution is 0.102. The number of aliphatic imine (C=N–C) groups is 1. The van der Waals surface area contributed by atoms with Crippen LogP contribution in [0.1, 0.15) is 29.5 Å². The molecule has 2 aromatic rings. The van der Waals surface area contributed by atoms with E-state index in [2.05, 4.69) is 37.8 Å². The molecule has 0 spiro atoms. The Hall–Kier alpha value is -3.38. The monoisotopic (exact) mass is 394 g/mol. The summed E-state index contributed by atoms with van der Waals surface area (Å²) in [6.45, 7) is 6.00.